The lowest BCUT2D eigenvalue weighted by atomic mass is 9.64. The van der Waals surface area contributed by atoms with Crippen LogP contribution in [0.15, 0.2) is 18.2 Å². The lowest BCUT2D eigenvalue weighted by Crippen LogP contribution is -2.48. The number of halogens is 3. The quantitative estimate of drug-likeness (QED) is 0.679. The number of nitrogens with one attached hydrogen (secondary N) is 1. The van der Waals surface area contributed by atoms with E-state index in [4.69, 9.17) is 23.2 Å². The van der Waals surface area contributed by atoms with Crippen LogP contribution in [0.4, 0.5) is 5.69 Å². The number of hydrogen-bond donors (Lipinski definition) is 1. The summed E-state index contributed by atoms with van der Waals surface area (Å²) in [5.74, 6) is -0.0655. The first-order chi connectivity index (χ1) is 10.6. The van der Waals surface area contributed by atoms with Gasteiger partial charge < -0.3 is 5.32 Å². The topological polar surface area (TPSA) is 46.2 Å². The van der Waals surface area contributed by atoms with Gasteiger partial charge in [0.25, 0.3) is 0 Å². The normalized spacial score (nSPS) is 34.7. The SMILES string of the molecule is CC1(C)[C@]2(C)CC[C@@]1(C(=O)Nc1cccc(Cl)c1Cl)[C@H](Br)C2=O. The Hall–Kier alpha value is -0.580. The number of anilines is 1. The largest absolute Gasteiger partial charge is 0.324 e. The third-order valence-electron chi connectivity index (χ3n) is 6.33. The summed E-state index contributed by atoms with van der Waals surface area (Å²) in [6, 6.07) is 5.11. The maximum absolute atomic E-state index is 13.2. The van der Waals surface area contributed by atoms with E-state index < -0.39 is 21.1 Å². The van der Waals surface area contributed by atoms with Crippen LogP contribution >= 0.6 is 39.1 Å². The summed E-state index contributed by atoms with van der Waals surface area (Å²) in [5.41, 5.74) is -1.25. The monoisotopic (exact) mass is 417 g/mol. The lowest BCUT2D eigenvalue weighted by molar-refractivity contribution is -0.130. The van der Waals surface area contributed by atoms with Crippen LogP contribution in [0, 0.1) is 16.2 Å². The van der Waals surface area contributed by atoms with Crippen LogP contribution in [0.5, 0.6) is 0 Å². The number of ketones is 1. The van der Waals surface area contributed by atoms with Gasteiger partial charge in [-0.25, -0.2) is 0 Å². The van der Waals surface area contributed by atoms with Crippen molar-refractivity contribution in [3.8, 4) is 0 Å². The Bertz CT molecular complexity index is 721. The van der Waals surface area contributed by atoms with Crippen LogP contribution in [0.3, 0.4) is 0 Å². The van der Waals surface area contributed by atoms with Gasteiger partial charge in [0.15, 0.2) is 5.78 Å². The summed E-state index contributed by atoms with van der Waals surface area (Å²) in [6.45, 7) is 5.99. The Morgan fingerprint density at radius 3 is 2.48 bits per heavy atom. The Balaban J connectivity index is 2.02. The van der Waals surface area contributed by atoms with Gasteiger partial charge in [0.1, 0.15) is 0 Å². The molecule has 1 N–H and O–H groups in total. The molecule has 124 valence electrons. The molecule has 3 atom stereocenters. The highest BCUT2D eigenvalue weighted by Crippen LogP contribution is 2.72. The fraction of sp³-hybridized carbons (Fsp3) is 0.529. The molecular weight excluding hydrogens is 401 g/mol. The molecule has 23 heavy (non-hydrogen) atoms. The van der Waals surface area contributed by atoms with E-state index in [1.54, 1.807) is 18.2 Å². The van der Waals surface area contributed by atoms with E-state index in [0.717, 1.165) is 6.42 Å². The zero-order chi connectivity index (χ0) is 17.2. The molecule has 2 bridgehead atoms. The van der Waals surface area contributed by atoms with Crippen molar-refractivity contribution in [3.05, 3.63) is 28.2 Å². The first-order valence-corrected chi connectivity index (χ1v) is 9.20. The van der Waals surface area contributed by atoms with Crippen molar-refractivity contribution in [3.63, 3.8) is 0 Å². The maximum Gasteiger partial charge on any atom is 0.232 e. The second kappa shape index (κ2) is 5.21. The van der Waals surface area contributed by atoms with E-state index in [0.29, 0.717) is 22.2 Å². The number of Topliss-reactive ketones (excluding diaryl/α,β-unsaturated/α-hetero) is 1. The van der Waals surface area contributed by atoms with Crippen molar-refractivity contribution in [1.82, 2.24) is 0 Å². The average Bonchev–Trinajstić information content (AvgIpc) is 2.76. The fourth-order valence-electron chi connectivity index (χ4n) is 4.29. The minimum Gasteiger partial charge on any atom is -0.324 e. The van der Waals surface area contributed by atoms with Crippen molar-refractivity contribution in [2.75, 3.05) is 5.32 Å². The van der Waals surface area contributed by atoms with Gasteiger partial charge in [0, 0.05) is 5.41 Å². The van der Waals surface area contributed by atoms with E-state index in [1.165, 1.54) is 0 Å². The smallest absolute Gasteiger partial charge is 0.232 e. The second-order valence-corrected chi connectivity index (χ2v) is 8.91. The number of alkyl halides is 1. The Morgan fingerprint density at radius 2 is 1.91 bits per heavy atom. The molecule has 1 aromatic rings. The zero-order valence-corrected chi connectivity index (χ0v) is 16.3. The molecule has 0 radical (unpaired) electrons. The summed E-state index contributed by atoms with van der Waals surface area (Å²) in [5, 5.41) is 3.60. The highest BCUT2D eigenvalue weighted by molar-refractivity contribution is 9.10. The molecule has 1 aromatic carbocycles. The molecular formula is C17H18BrCl2NO2. The summed E-state index contributed by atoms with van der Waals surface area (Å²) < 4.78 is 0. The number of carbonyl (C=O) groups is 2. The second-order valence-electron chi connectivity index (χ2n) is 7.21. The number of carbonyl (C=O) groups excluding carboxylic acids is 2. The number of benzene rings is 1. The molecule has 6 heteroatoms. The van der Waals surface area contributed by atoms with Gasteiger partial charge in [0.2, 0.25) is 5.91 Å². The Morgan fingerprint density at radius 1 is 1.26 bits per heavy atom. The molecule has 0 heterocycles. The van der Waals surface area contributed by atoms with E-state index in [2.05, 4.69) is 21.2 Å². The first kappa shape index (κ1) is 17.2. The molecule has 0 aliphatic heterocycles. The van der Waals surface area contributed by atoms with Gasteiger partial charge in [-0.15, -0.1) is 0 Å². The minimum atomic E-state index is -0.787. The van der Waals surface area contributed by atoms with Crippen LogP contribution < -0.4 is 5.32 Å². The Labute approximate surface area is 154 Å². The van der Waals surface area contributed by atoms with Gasteiger partial charge in [-0.05, 0) is 30.4 Å². The predicted octanol–water partition coefficient (Wildman–Crippen LogP) is 5.09. The minimum absolute atomic E-state index is 0.112. The molecule has 3 nitrogen and oxygen atoms in total. The highest BCUT2D eigenvalue weighted by atomic mass is 79.9. The van der Waals surface area contributed by atoms with Crippen LogP contribution in [0.1, 0.15) is 33.6 Å². The molecule has 0 aromatic heterocycles. The summed E-state index contributed by atoms with van der Waals surface area (Å²) in [7, 11) is 0. The zero-order valence-electron chi connectivity index (χ0n) is 13.2. The fourth-order valence-corrected chi connectivity index (χ4v) is 6.15. The van der Waals surface area contributed by atoms with Crippen LogP contribution in [0.2, 0.25) is 10.0 Å². The van der Waals surface area contributed by atoms with E-state index in [-0.39, 0.29) is 11.7 Å². The third kappa shape index (κ3) is 1.95. The van der Waals surface area contributed by atoms with Gasteiger partial charge in [-0.2, -0.15) is 0 Å². The molecule has 2 aliphatic carbocycles. The number of amides is 1. The van der Waals surface area contributed by atoms with Crippen molar-refractivity contribution < 1.29 is 9.59 Å². The number of rotatable bonds is 2. The summed E-state index contributed by atoms with van der Waals surface area (Å²) in [6.07, 6.45) is 1.39. The van der Waals surface area contributed by atoms with E-state index in [9.17, 15) is 9.59 Å². The molecule has 1 amide bonds. The summed E-state index contributed by atoms with van der Waals surface area (Å²) in [4.78, 5) is 25.4. The van der Waals surface area contributed by atoms with E-state index in [1.807, 2.05) is 20.8 Å². The molecule has 0 unspecified atom stereocenters. The molecule has 3 rings (SSSR count). The standard InChI is InChI=1S/C17H18BrCl2NO2/c1-15(2)16(3)7-8-17(15,12(18)13(16)22)14(23)21-10-6-4-5-9(19)11(10)20/h4-6,12H,7-8H2,1-3H3,(H,21,23)/t12-,16-,17+/m1/s1. The van der Waals surface area contributed by atoms with Gasteiger partial charge in [-0.3, -0.25) is 9.59 Å². The van der Waals surface area contributed by atoms with Crippen LogP contribution in [0.25, 0.3) is 0 Å². The molecule has 2 aliphatic rings. The third-order valence-corrected chi connectivity index (χ3v) is 8.34. The molecule has 2 fully saturated rings. The first-order valence-electron chi connectivity index (χ1n) is 7.53. The lowest BCUT2D eigenvalue weighted by Gasteiger charge is -2.39. The van der Waals surface area contributed by atoms with Gasteiger partial charge >= 0.3 is 0 Å². The molecule has 2 saturated carbocycles. The van der Waals surface area contributed by atoms with Gasteiger partial charge in [0.05, 0.1) is 26.0 Å². The van der Waals surface area contributed by atoms with Crippen molar-refractivity contribution in [1.29, 1.82) is 0 Å². The maximum atomic E-state index is 13.2. The average molecular weight is 419 g/mol. The summed E-state index contributed by atoms with van der Waals surface area (Å²) >= 11 is 15.7. The van der Waals surface area contributed by atoms with Crippen molar-refractivity contribution >= 4 is 56.5 Å². The molecule has 0 saturated heterocycles. The van der Waals surface area contributed by atoms with Crippen molar-refractivity contribution in [2.24, 2.45) is 16.2 Å². The van der Waals surface area contributed by atoms with E-state index >= 15 is 0 Å². The van der Waals surface area contributed by atoms with Crippen LogP contribution in [-0.4, -0.2) is 16.5 Å². The van der Waals surface area contributed by atoms with Crippen LogP contribution in [-0.2, 0) is 9.59 Å². The Kier molecular flexibility index (Phi) is 3.90. The highest BCUT2D eigenvalue weighted by Gasteiger charge is 2.76. The number of hydrogen-bond acceptors (Lipinski definition) is 2. The van der Waals surface area contributed by atoms with Crippen molar-refractivity contribution in [2.45, 2.75) is 38.4 Å². The van der Waals surface area contributed by atoms with Gasteiger partial charge in [-0.1, -0.05) is 66.0 Å². The number of fused-ring (bicyclic) bond motifs is 2. The predicted molar refractivity (Wildman–Crippen MR) is 96.4 cm³/mol. The molecule has 0 spiro atoms.